The number of aromatic nitrogens is 1. The second-order valence-corrected chi connectivity index (χ2v) is 5.56. The van der Waals surface area contributed by atoms with Crippen LogP contribution in [0.15, 0.2) is 30.5 Å². The summed E-state index contributed by atoms with van der Waals surface area (Å²) in [4.78, 5) is 25.7. The van der Waals surface area contributed by atoms with Gasteiger partial charge in [0.2, 0.25) is 11.8 Å². The lowest BCUT2D eigenvalue weighted by Crippen LogP contribution is -2.33. The quantitative estimate of drug-likeness (QED) is 0.836. The normalized spacial score (nSPS) is 11.7. The highest BCUT2D eigenvalue weighted by molar-refractivity contribution is 5.96. The van der Waals surface area contributed by atoms with Gasteiger partial charge in [0.1, 0.15) is 6.54 Å². The fourth-order valence-electron chi connectivity index (χ4n) is 2.49. The van der Waals surface area contributed by atoms with Crippen LogP contribution in [0, 0.1) is 0 Å². The van der Waals surface area contributed by atoms with Gasteiger partial charge >= 0.3 is 0 Å². The number of anilines is 1. The Morgan fingerprint density at radius 1 is 1.25 bits per heavy atom. The molecule has 3 N–H and O–H groups in total. The standard InChI is InChI=1S/C17H24N4O2.ClH/c1-4-20(5-2)16(22)11-21-9-8-13-10-14(6-7-15(13)21)19-17(23)12(3)18;/h6-10,12H,4-5,11,18H2,1-3H3,(H,19,23);1H/t12-;/m0./s1. The molecule has 1 aromatic heterocycles. The minimum Gasteiger partial charge on any atom is -0.342 e. The SMILES string of the molecule is CCN(CC)C(=O)Cn1ccc2cc(NC(=O)[C@H](C)N)ccc21.Cl. The van der Waals surface area contributed by atoms with Gasteiger partial charge in [0.05, 0.1) is 6.04 Å². The Morgan fingerprint density at radius 3 is 2.50 bits per heavy atom. The van der Waals surface area contributed by atoms with E-state index in [1.807, 2.05) is 53.8 Å². The molecule has 0 aliphatic rings. The summed E-state index contributed by atoms with van der Waals surface area (Å²) in [6.07, 6.45) is 1.89. The van der Waals surface area contributed by atoms with Crippen molar-refractivity contribution in [2.24, 2.45) is 5.73 Å². The van der Waals surface area contributed by atoms with E-state index in [-0.39, 0.29) is 24.2 Å². The lowest BCUT2D eigenvalue weighted by Gasteiger charge is -2.19. The molecule has 0 spiro atoms. The van der Waals surface area contributed by atoms with Crippen LogP contribution in [0.5, 0.6) is 0 Å². The predicted molar refractivity (Wildman–Crippen MR) is 99.4 cm³/mol. The summed E-state index contributed by atoms with van der Waals surface area (Å²) in [6.45, 7) is 7.33. The Balaban J connectivity index is 0.00000288. The largest absolute Gasteiger partial charge is 0.342 e. The molecule has 0 aliphatic heterocycles. The molecule has 24 heavy (non-hydrogen) atoms. The van der Waals surface area contributed by atoms with E-state index in [0.29, 0.717) is 25.3 Å². The number of likely N-dealkylation sites (N-methyl/N-ethyl adjacent to an activating group) is 1. The van der Waals surface area contributed by atoms with Crippen LogP contribution in [0.3, 0.4) is 0 Å². The van der Waals surface area contributed by atoms with E-state index in [0.717, 1.165) is 10.9 Å². The van der Waals surface area contributed by atoms with Crippen molar-refractivity contribution < 1.29 is 9.59 Å². The third-order valence-electron chi connectivity index (χ3n) is 3.87. The number of rotatable bonds is 6. The average molecular weight is 353 g/mol. The number of halogens is 1. The van der Waals surface area contributed by atoms with Gasteiger partial charge in [0.15, 0.2) is 0 Å². The Bertz CT molecular complexity index is 708. The smallest absolute Gasteiger partial charge is 0.242 e. The molecular weight excluding hydrogens is 328 g/mol. The minimum atomic E-state index is -0.554. The fraction of sp³-hybridized carbons (Fsp3) is 0.412. The van der Waals surface area contributed by atoms with E-state index in [4.69, 9.17) is 5.73 Å². The van der Waals surface area contributed by atoms with Crippen LogP contribution in [-0.4, -0.2) is 40.4 Å². The molecule has 0 fully saturated rings. The summed E-state index contributed by atoms with van der Waals surface area (Å²) in [5.74, 6) is -0.123. The van der Waals surface area contributed by atoms with Crippen molar-refractivity contribution in [1.29, 1.82) is 0 Å². The second-order valence-electron chi connectivity index (χ2n) is 5.56. The molecule has 1 aromatic carbocycles. The van der Waals surface area contributed by atoms with Gasteiger partial charge in [0, 0.05) is 35.9 Å². The van der Waals surface area contributed by atoms with Crippen LogP contribution < -0.4 is 11.1 Å². The molecule has 6 nitrogen and oxygen atoms in total. The Morgan fingerprint density at radius 2 is 1.92 bits per heavy atom. The van der Waals surface area contributed by atoms with E-state index in [1.165, 1.54) is 0 Å². The predicted octanol–water partition coefficient (Wildman–Crippen LogP) is 2.22. The number of amides is 2. The zero-order valence-electron chi connectivity index (χ0n) is 14.3. The van der Waals surface area contributed by atoms with Gasteiger partial charge in [-0.2, -0.15) is 0 Å². The molecule has 0 aliphatic carbocycles. The monoisotopic (exact) mass is 352 g/mol. The summed E-state index contributed by atoms with van der Waals surface area (Å²) in [5.41, 5.74) is 7.22. The number of nitrogens with zero attached hydrogens (tertiary/aromatic N) is 2. The minimum absolute atomic E-state index is 0. The topological polar surface area (TPSA) is 80.4 Å². The zero-order valence-corrected chi connectivity index (χ0v) is 15.1. The van der Waals surface area contributed by atoms with Gasteiger partial charge in [-0.1, -0.05) is 0 Å². The molecule has 132 valence electrons. The summed E-state index contributed by atoms with van der Waals surface area (Å²) in [6, 6.07) is 6.99. The maximum absolute atomic E-state index is 12.2. The molecular formula is C17H25ClN4O2. The van der Waals surface area contributed by atoms with Crippen LogP contribution >= 0.6 is 12.4 Å². The average Bonchev–Trinajstić information content (AvgIpc) is 2.90. The fourth-order valence-corrected chi connectivity index (χ4v) is 2.49. The molecule has 1 atom stereocenters. The first kappa shape index (κ1) is 20.0. The number of hydrogen-bond donors (Lipinski definition) is 2. The van der Waals surface area contributed by atoms with E-state index < -0.39 is 6.04 Å². The van der Waals surface area contributed by atoms with Gasteiger partial charge < -0.3 is 20.5 Å². The molecule has 0 saturated heterocycles. The van der Waals surface area contributed by atoms with E-state index in [9.17, 15) is 9.59 Å². The van der Waals surface area contributed by atoms with Crippen LogP contribution in [0.4, 0.5) is 5.69 Å². The van der Waals surface area contributed by atoms with Gasteiger partial charge in [-0.3, -0.25) is 9.59 Å². The van der Waals surface area contributed by atoms with E-state index >= 15 is 0 Å². The summed E-state index contributed by atoms with van der Waals surface area (Å²) in [5, 5.41) is 3.74. The van der Waals surface area contributed by atoms with Crippen LogP contribution in [0.2, 0.25) is 0 Å². The summed E-state index contributed by atoms with van der Waals surface area (Å²) in [7, 11) is 0. The van der Waals surface area contributed by atoms with Gasteiger partial charge in [0.25, 0.3) is 0 Å². The van der Waals surface area contributed by atoms with Crippen molar-refractivity contribution in [1.82, 2.24) is 9.47 Å². The summed E-state index contributed by atoms with van der Waals surface area (Å²) >= 11 is 0. The number of nitrogens with one attached hydrogen (secondary N) is 1. The van der Waals surface area contributed by atoms with Crippen LogP contribution in [0.1, 0.15) is 20.8 Å². The molecule has 0 saturated carbocycles. The lowest BCUT2D eigenvalue weighted by molar-refractivity contribution is -0.131. The maximum Gasteiger partial charge on any atom is 0.242 e. The number of benzene rings is 1. The van der Waals surface area contributed by atoms with Gasteiger partial charge in [-0.25, -0.2) is 0 Å². The van der Waals surface area contributed by atoms with Crippen LogP contribution in [-0.2, 0) is 16.1 Å². The Labute approximate surface area is 148 Å². The van der Waals surface area contributed by atoms with Crippen molar-refractivity contribution >= 4 is 40.8 Å². The molecule has 0 unspecified atom stereocenters. The molecule has 2 amide bonds. The van der Waals surface area contributed by atoms with Crippen molar-refractivity contribution in [3.8, 4) is 0 Å². The number of carbonyl (C=O) groups excluding carboxylic acids is 2. The zero-order chi connectivity index (χ0) is 17.0. The number of carbonyl (C=O) groups is 2. The third-order valence-corrected chi connectivity index (χ3v) is 3.87. The maximum atomic E-state index is 12.2. The first-order valence-corrected chi connectivity index (χ1v) is 7.89. The highest BCUT2D eigenvalue weighted by Gasteiger charge is 2.12. The number of nitrogens with two attached hydrogens (primary N) is 1. The molecule has 2 aromatic rings. The molecule has 7 heteroatoms. The molecule has 1 heterocycles. The second kappa shape index (κ2) is 8.70. The van der Waals surface area contributed by atoms with E-state index in [1.54, 1.807) is 6.92 Å². The van der Waals surface area contributed by atoms with Crippen LogP contribution in [0.25, 0.3) is 10.9 Å². The van der Waals surface area contributed by atoms with Gasteiger partial charge in [-0.15, -0.1) is 12.4 Å². The Hall–Kier alpha value is -2.05. The first-order chi connectivity index (χ1) is 11.0. The van der Waals surface area contributed by atoms with Gasteiger partial charge in [-0.05, 0) is 45.0 Å². The lowest BCUT2D eigenvalue weighted by atomic mass is 10.2. The number of hydrogen-bond acceptors (Lipinski definition) is 3. The Kier molecular flexibility index (Phi) is 7.25. The third kappa shape index (κ3) is 4.49. The van der Waals surface area contributed by atoms with Crippen molar-refractivity contribution in [3.05, 3.63) is 30.5 Å². The van der Waals surface area contributed by atoms with Crippen molar-refractivity contribution in [3.63, 3.8) is 0 Å². The highest BCUT2D eigenvalue weighted by atomic mass is 35.5. The molecule has 2 rings (SSSR count). The first-order valence-electron chi connectivity index (χ1n) is 7.89. The summed E-state index contributed by atoms with van der Waals surface area (Å²) < 4.78 is 1.92. The molecule has 0 bridgehead atoms. The van der Waals surface area contributed by atoms with E-state index in [2.05, 4.69) is 5.32 Å². The van der Waals surface area contributed by atoms with Crippen molar-refractivity contribution in [2.45, 2.75) is 33.4 Å². The van der Waals surface area contributed by atoms with Crippen molar-refractivity contribution in [2.75, 3.05) is 18.4 Å². The highest BCUT2D eigenvalue weighted by Crippen LogP contribution is 2.21. The number of fused-ring (bicyclic) bond motifs is 1. The molecule has 0 radical (unpaired) electrons.